The highest BCUT2D eigenvalue weighted by Crippen LogP contribution is 2.10. The van der Waals surface area contributed by atoms with Gasteiger partial charge in [-0.3, -0.25) is 4.79 Å². The third-order valence-electron chi connectivity index (χ3n) is 2.90. The maximum Gasteiger partial charge on any atom is 0.239 e. The van der Waals surface area contributed by atoms with E-state index in [-0.39, 0.29) is 11.9 Å². The van der Waals surface area contributed by atoms with Gasteiger partial charge in [-0.2, -0.15) is 0 Å². The van der Waals surface area contributed by atoms with E-state index in [1.165, 1.54) is 0 Å². The Bertz CT molecular complexity index is 451. The van der Waals surface area contributed by atoms with Crippen LogP contribution >= 0.6 is 0 Å². The number of rotatable bonds is 4. The van der Waals surface area contributed by atoms with Gasteiger partial charge in [0, 0.05) is 12.7 Å². The molecule has 0 aliphatic heterocycles. The van der Waals surface area contributed by atoms with Crippen molar-refractivity contribution in [1.82, 2.24) is 5.32 Å². The monoisotopic (exact) mass is 242 g/mol. The molecule has 0 heterocycles. The molecule has 0 bridgehead atoms. The van der Waals surface area contributed by atoms with Gasteiger partial charge in [0.2, 0.25) is 5.91 Å². The second-order valence-corrected chi connectivity index (χ2v) is 4.41. The zero-order valence-corrected chi connectivity index (χ0v) is 10.5. The summed E-state index contributed by atoms with van der Waals surface area (Å²) in [6.45, 7) is 0.373. The number of para-hydroxylation sites is 1. The molecule has 0 radical (unpaired) electrons. The number of carbonyl (C=O) groups is 1. The van der Waals surface area contributed by atoms with Gasteiger partial charge in [-0.1, -0.05) is 42.5 Å². The van der Waals surface area contributed by atoms with Gasteiger partial charge in [0.15, 0.2) is 0 Å². The van der Waals surface area contributed by atoms with Crippen molar-refractivity contribution < 1.29 is 4.79 Å². The summed E-state index contributed by atoms with van der Waals surface area (Å²) in [5.74, 6) is 0.0475. The average molecular weight is 242 g/mol. The van der Waals surface area contributed by atoms with E-state index in [0.717, 1.165) is 12.1 Å². The summed E-state index contributed by atoms with van der Waals surface area (Å²) in [5.41, 5.74) is 1.05. The van der Waals surface area contributed by atoms with Gasteiger partial charge in [-0.15, -0.1) is 0 Å². The van der Waals surface area contributed by atoms with E-state index in [9.17, 15) is 4.79 Å². The first-order chi connectivity index (χ1) is 8.75. The number of carbonyl (C=O) groups excluding carboxylic acids is 1. The van der Waals surface area contributed by atoms with Gasteiger partial charge in [-0.05, 0) is 18.6 Å². The van der Waals surface area contributed by atoms with Crippen LogP contribution in [0.15, 0.2) is 54.6 Å². The number of allylic oxidation sites excluding steroid dienone is 2. The van der Waals surface area contributed by atoms with E-state index in [2.05, 4.69) is 11.4 Å². The first-order valence-electron chi connectivity index (χ1n) is 6.14. The van der Waals surface area contributed by atoms with Gasteiger partial charge < -0.3 is 10.2 Å². The predicted octanol–water partition coefficient (Wildman–Crippen LogP) is 2.12. The Balaban J connectivity index is 1.84. The second kappa shape index (κ2) is 6.05. The molecule has 1 aliphatic rings. The fourth-order valence-corrected chi connectivity index (χ4v) is 1.93. The van der Waals surface area contributed by atoms with Crippen LogP contribution in [0.25, 0.3) is 0 Å². The number of anilines is 1. The van der Waals surface area contributed by atoms with Crippen molar-refractivity contribution in [2.24, 2.45) is 0 Å². The zero-order valence-electron chi connectivity index (χ0n) is 10.5. The molecule has 0 saturated heterocycles. The standard InChI is InChI=1S/C15H18N2O/c1-17(14-10-6-3-7-11-14)12-15(18)16-13-8-4-2-5-9-13/h2-8,10-11,13H,9,12H2,1H3,(H,16,18). The van der Waals surface area contributed by atoms with Crippen molar-refractivity contribution >= 4 is 11.6 Å². The van der Waals surface area contributed by atoms with Gasteiger partial charge in [0.05, 0.1) is 12.6 Å². The summed E-state index contributed by atoms with van der Waals surface area (Å²) in [7, 11) is 1.92. The Morgan fingerprint density at radius 2 is 2.11 bits per heavy atom. The number of nitrogens with one attached hydrogen (secondary N) is 1. The molecule has 18 heavy (non-hydrogen) atoms. The second-order valence-electron chi connectivity index (χ2n) is 4.41. The van der Waals surface area contributed by atoms with Gasteiger partial charge in [0.25, 0.3) is 0 Å². The molecule has 1 amide bonds. The molecular formula is C15H18N2O. The Labute approximate surface area is 108 Å². The molecule has 3 nitrogen and oxygen atoms in total. The Morgan fingerprint density at radius 3 is 2.78 bits per heavy atom. The van der Waals surface area contributed by atoms with Crippen molar-refractivity contribution in [3.63, 3.8) is 0 Å². The highest BCUT2D eigenvalue weighted by atomic mass is 16.2. The third kappa shape index (κ3) is 3.48. The van der Waals surface area contributed by atoms with Crippen molar-refractivity contribution in [3.05, 3.63) is 54.6 Å². The molecule has 1 unspecified atom stereocenters. The number of hydrogen-bond donors (Lipinski definition) is 1. The van der Waals surface area contributed by atoms with Crippen molar-refractivity contribution in [2.75, 3.05) is 18.5 Å². The molecule has 0 saturated carbocycles. The molecule has 1 aromatic carbocycles. The van der Waals surface area contributed by atoms with Gasteiger partial charge in [0.1, 0.15) is 0 Å². The molecule has 3 heteroatoms. The molecule has 0 aromatic heterocycles. The SMILES string of the molecule is CN(CC(=O)NC1C=CC=CC1)c1ccccc1. The first kappa shape index (κ1) is 12.4. The van der Waals surface area contributed by atoms with Crippen molar-refractivity contribution in [1.29, 1.82) is 0 Å². The molecule has 1 aliphatic carbocycles. The minimum atomic E-state index is 0.0475. The lowest BCUT2D eigenvalue weighted by atomic mass is 10.1. The normalized spacial score (nSPS) is 17.5. The summed E-state index contributed by atoms with van der Waals surface area (Å²) in [5, 5.41) is 3.00. The van der Waals surface area contributed by atoms with E-state index in [1.807, 2.05) is 60.5 Å². The van der Waals surface area contributed by atoms with E-state index in [0.29, 0.717) is 6.54 Å². The molecule has 1 N–H and O–H groups in total. The lowest BCUT2D eigenvalue weighted by molar-refractivity contribution is -0.120. The molecule has 2 rings (SSSR count). The van der Waals surface area contributed by atoms with Crippen LogP contribution < -0.4 is 10.2 Å². The summed E-state index contributed by atoms with van der Waals surface area (Å²) in [4.78, 5) is 13.8. The highest BCUT2D eigenvalue weighted by Gasteiger charge is 2.11. The van der Waals surface area contributed by atoms with E-state index in [4.69, 9.17) is 0 Å². The lowest BCUT2D eigenvalue weighted by Gasteiger charge is -2.21. The highest BCUT2D eigenvalue weighted by molar-refractivity contribution is 5.81. The first-order valence-corrected chi connectivity index (χ1v) is 6.14. The number of amides is 1. The van der Waals surface area contributed by atoms with E-state index < -0.39 is 0 Å². The minimum absolute atomic E-state index is 0.0475. The number of hydrogen-bond acceptors (Lipinski definition) is 2. The molecule has 94 valence electrons. The average Bonchev–Trinajstić information content (AvgIpc) is 2.40. The number of nitrogens with zero attached hydrogens (tertiary/aromatic N) is 1. The minimum Gasteiger partial charge on any atom is -0.365 e. The summed E-state index contributed by atoms with van der Waals surface area (Å²) in [6, 6.07) is 10.0. The van der Waals surface area contributed by atoms with Crippen molar-refractivity contribution in [3.8, 4) is 0 Å². The topological polar surface area (TPSA) is 32.3 Å². The Hall–Kier alpha value is -2.03. The van der Waals surface area contributed by atoms with Crippen LogP contribution in [-0.4, -0.2) is 25.5 Å². The zero-order chi connectivity index (χ0) is 12.8. The largest absolute Gasteiger partial charge is 0.365 e. The summed E-state index contributed by atoms with van der Waals surface area (Å²) < 4.78 is 0. The summed E-state index contributed by atoms with van der Waals surface area (Å²) in [6.07, 6.45) is 8.91. The fraction of sp³-hybridized carbons (Fsp3) is 0.267. The summed E-state index contributed by atoms with van der Waals surface area (Å²) >= 11 is 0. The third-order valence-corrected chi connectivity index (χ3v) is 2.90. The molecule has 1 atom stereocenters. The predicted molar refractivity (Wildman–Crippen MR) is 74.5 cm³/mol. The number of likely N-dealkylation sites (N-methyl/N-ethyl adjacent to an activating group) is 1. The molecular weight excluding hydrogens is 224 g/mol. The maximum absolute atomic E-state index is 11.9. The van der Waals surface area contributed by atoms with E-state index >= 15 is 0 Å². The molecule has 0 fully saturated rings. The Kier molecular flexibility index (Phi) is 4.18. The number of benzene rings is 1. The Morgan fingerprint density at radius 1 is 1.33 bits per heavy atom. The van der Waals surface area contributed by atoms with Crippen LogP contribution in [0.3, 0.4) is 0 Å². The molecule has 1 aromatic rings. The van der Waals surface area contributed by atoms with Crippen LogP contribution in [0, 0.1) is 0 Å². The van der Waals surface area contributed by atoms with Crippen LogP contribution in [0.5, 0.6) is 0 Å². The lowest BCUT2D eigenvalue weighted by Crippen LogP contribution is -2.40. The van der Waals surface area contributed by atoms with E-state index in [1.54, 1.807) is 0 Å². The maximum atomic E-state index is 11.9. The van der Waals surface area contributed by atoms with Crippen LogP contribution in [0.1, 0.15) is 6.42 Å². The van der Waals surface area contributed by atoms with Gasteiger partial charge in [-0.25, -0.2) is 0 Å². The quantitative estimate of drug-likeness (QED) is 0.877. The van der Waals surface area contributed by atoms with Crippen LogP contribution in [0.2, 0.25) is 0 Å². The smallest absolute Gasteiger partial charge is 0.239 e. The van der Waals surface area contributed by atoms with Crippen LogP contribution in [-0.2, 0) is 4.79 Å². The van der Waals surface area contributed by atoms with Crippen LogP contribution in [0.4, 0.5) is 5.69 Å². The van der Waals surface area contributed by atoms with Crippen molar-refractivity contribution in [2.45, 2.75) is 12.5 Å². The molecule has 0 spiro atoms. The van der Waals surface area contributed by atoms with Gasteiger partial charge >= 0.3 is 0 Å². The fourth-order valence-electron chi connectivity index (χ4n) is 1.93.